The number of halogens is 2. The van der Waals surface area contributed by atoms with Gasteiger partial charge in [-0.2, -0.15) is 0 Å². The van der Waals surface area contributed by atoms with E-state index in [0.717, 1.165) is 5.56 Å². The number of carbonyl (C=O) groups excluding carboxylic acids is 1. The Morgan fingerprint density at radius 3 is 2.27 bits per heavy atom. The van der Waals surface area contributed by atoms with Gasteiger partial charge in [0.15, 0.2) is 0 Å². The van der Waals surface area contributed by atoms with Gasteiger partial charge in [-0.15, -0.1) is 0 Å². The van der Waals surface area contributed by atoms with Gasteiger partial charge in [-0.3, -0.25) is 9.52 Å². The molecule has 30 heavy (non-hydrogen) atoms. The highest BCUT2D eigenvalue weighted by atomic mass is 35.5. The molecule has 2 N–H and O–H groups in total. The average Bonchev–Trinajstić information content (AvgIpc) is 2.72. The Morgan fingerprint density at radius 1 is 0.967 bits per heavy atom. The number of methoxy groups -OCH3 is 1. The Labute approximate surface area is 184 Å². The van der Waals surface area contributed by atoms with Gasteiger partial charge in [-0.25, -0.2) is 8.42 Å². The third-order valence-corrected chi connectivity index (χ3v) is 6.52. The number of carbonyl (C=O) groups is 1. The first kappa shape index (κ1) is 22.0. The van der Waals surface area contributed by atoms with Gasteiger partial charge in [0, 0.05) is 6.54 Å². The predicted molar refractivity (Wildman–Crippen MR) is 118 cm³/mol. The number of sulfonamides is 1. The van der Waals surface area contributed by atoms with Crippen LogP contribution >= 0.6 is 23.2 Å². The topological polar surface area (TPSA) is 84.5 Å². The summed E-state index contributed by atoms with van der Waals surface area (Å²) in [7, 11) is -2.70. The highest BCUT2D eigenvalue weighted by Gasteiger charge is 2.24. The van der Waals surface area contributed by atoms with Crippen LogP contribution in [0.2, 0.25) is 10.0 Å². The molecule has 0 saturated carbocycles. The highest BCUT2D eigenvalue weighted by molar-refractivity contribution is 7.93. The first-order valence-corrected chi connectivity index (χ1v) is 11.0. The molecule has 3 aromatic rings. The molecule has 6 nitrogen and oxygen atoms in total. The van der Waals surface area contributed by atoms with Crippen LogP contribution in [-0.4, -0.2) is 21.4 Å². The molecule has 0 aromatic heterocycles. The number of anilines is 1. The van der Waals surface area contributed by atoms with Gasteiger partial charge < -0.3 is 10.1 Å². The average molecular weight is 465 g/mol. The molecule has 3 aromatic carbocycles. The van der Waals surface area contributed by atoms with E-state index < -0.39 is 15.9 Å². The second-order valence-corrected chi connectivity index (χ2v) is 8.67. The fourth-order valence-corrected chi connectivity index (χ4v) is 4.96. The maximum absolute atomic E-state index is 12.9. The van der Waals surface area contributed by atoms with Gasteiger partial charge in [-0.05, 0) is 35.9 Å². The maximum Gasteiger partial charge on any atom is 0.264 e. The monoisotopic (exact) mass is 464 g/mol. The lowest BCUT2D eigenvalue weighted by Crippen LogP contribution is -2.25. The molecular formula is C21H18Cl2N2O4S. The summed E-state index contributed by atoms with van der Waals surface area (Å²) in [6.45, 7) is 0.277. The highest BCUT2D eigenvalue weighted by Crippen LogP contribution is 2.32. The van der Waals surface area contributed by atoms with E-state index in [9.17, 15) is 13.2 Å². The fraction of sp³-hybridized carbons (Fsp3) is 0.0952. The Bertz CT molecular complexity index is 1150. The summed E-state index contributed by atoms with van der Waals surface area (Å²) in [5.41, 5.74) is 1.06. The molecule has 0 aliphatic heterocycles. The van der Waals surface area contributed by atoms with E-state index in [4.69, 9.17) is 27.9 Å². The lowest BCUT2D eigenvalue weighted by Gasteiger charge is -2.15. The van der Waals surface area contributed by atoms with Crippen LogP contribution in [0.3, 0.4) is 0 Å². The van der Waals surface area contributed by atoms with Gasteiger partial charge in [-0.1, -0.05) is 59.6 Å². The van der Waals surface area contributed by atoms with Crippen molar-refractivity contribution in [1.29, 1.82) is 0 Å². The quantitative estimate of drug-likeness (QED) is 0.528. The van der Waals surface area contributed by atoms with Crippen LogP contribution < -0.4 is 14.8 Å². The van der Waals surface area contributed by atoms with E-state index in [1.165, 1.54) is 31.4 Å². The lowest BCUT2D eigenvalue weighted by molar-refractivity contribution is 0.0951. The SMILES string of the molecule is COc1ccc(NS(=O)(=O)c2c(Cl)cccc2Cl)c(C(=O)NCc2ccccc2)c1. The Hall–Kier alpha value is -2.74. The van der Waals surface area contributed by atoms with E-state index >= 15 is 0 Å². The molecule has 0 atom stereocenters. The molecular weight excluding hydrogens is 447 g/mol. The van der Waals surface area contributed by atoms with Crippen molar-refractivity contribution in [1.82, 2.24) is 5.32 Å². The van der Waals surface area contributed by atoms with Crippen LogP contribution in [0.15, 0.2) is 71.6 Å². The van der Waals surface area contributed by atoms with E-state index in [1.54, 1.807) is 12.1 Å². The Kier molecular flexibility index (Phi) is 6.87. The van der Waals surface area contributed by atoms with Crippen LogP contribution in [0.25, 0.3) is 0 Å². The van der Waals surface area contributed by atoms with E-state index in [1.807, 2.05) is 30.3 Å². The van der Waals surface area contributed by atoms with Gasteiger partial charge in [0.2, 0.25) is 0 Å². The van der Waals surface area contributed by atoms with Gasteiger partial charge in [0.1, 0.15) is 10.6 Å². The predicted octanol–water partition coefficient (Wildman–Crippen LogP) is 4.73. The molecule has 1 amide bonds. The minimum Gasteiger partial charge on any atom is -0.497 e. The van der Waals surface area contributed by atoms with Crippen LogP contribution in [0.5, 0.6) is 5.75 Å². The van der Waals surface area contributed by atoms with E-state index in [-0.39, 0.29) is 32.7 Å². The van der Waals surface area contributed by atoms with Crippen molar-refractivity contribution in [2.75, 3.05) is 11.8 Å². The standard InChI is InChI=1S/C21H18Cl2N2O4S/c1-29-15-10-11-19(25-30(27,28)20-17(22)8-5-9-18(20)23)16(12-15)21(26)24-13-14-6-3-2-4-7-14/h2-12,25H,13H2,1H3,(H,24,26). The molecule has 3 rings (SSSR count). The summed E-state index contributed by atoms with van der Waals surface area (Å²) in [5.74, 6) is -0.0701. The number of benzene rings is 3. The van der Waals surface area contributed by atoms with Gasteiger partial charge in [0.25, 0.3) is 15.9 Å². The summed E-state index contributed by atoms with van der Waals surface area (Å²) in [4.78, 5) is 12.5. The van der Waals surface area contributed by atoms with Gasteiger partial charge >= 0.3 is 0 Å². The first-order valence-electron chi connectivity index (χ1n) is 8.79. The molecule has 0 bridgehead atoms. The summed E-state index contributed by atoms with van der Waals surface area (Å²) < 4.78 is 33.4. The van der Waals surface area contributed by atoms with E-state index in [2.05, 4.69) is 10.0 Å². The van der Waals surface area contributed by atoms with Crippen LogP contribution in [0.1, 0.15) is 15.9 Å². The van der Waals surface area contributed by atoms with Gasteiger partial charge in [0.05, 0.1) is 28.4 Å². The second kappa shape index (κ2) is 9.38. The summed E-state index contributed by atoms with van der Waals surface area (Å²) >= 11 is 12.1. The zero-order valence-corrected chi connectivity index (χ0v) is 18.2. The fourth-order valence-electron chi connectivity index (χ4n) is 2.74. The van der Waals surface area contributed by atoms with Crippen molar-refractivity contribution in [2.45, 2.75) is 11.4 Å². The summed E-state index contributed by atoms with van der Waals surface area (Å²) in [5, 5.41) is 2.72. The summed E-state index contributed by atoms with van der Waals surface area (Å²) in [6.07, 6.45) is 0. The van der Waals surface area contributed by atoms with Crippen molar-refractivity contribution < 1.29 is 17.9 Å². The number of rotatable bonds is 7. The zero-order valence-electron chi connectivity index (χ0n) is 15.9. The molecule has 156 valence electrons. The molecule has 0 aliphatic rings. The van der Waals surface area contributed by atoms with Crippen molar-refractivity contribution in [3.8, 4) is 5.75 Å². The van der Waals surface area contributed by atoms with E-state index in [0.29, 0.717) is 5.75 Å². The summed E-state index contributed by atoms with van der Waals surface area (Å²) in [6, 6.07) is 18.2. The van der Waals surface area contributed by atoms with Crippen LogP contribution in [-0.2, 0) is 16.6 Å². The zero-order chi connectivity index (χ0) is 21.7. The molecule has 0 unspecified atom stereocenters. The lowest BCUT2D eigenvalue weighted by atomic mass is 10.1. The number of ether oxygens (including phenoxy) is 1. The normalized spacial score (nSPS) is 11.0. The van der Waals surface area contributed by atoms with Crippen molar-refractivity contribution in [3.63, 3.8) is 0 Å². The molecule has 0 spiro atoms. The number of hydrogen-bond donors (Lipinski definition) is 2. The molecule has 0 fully saturated rings. The largest absolute Gasteiger partial charge is 0.497 e. The molecule has 0 aliphatic carbocycles. The third kappa shape index (κ3) is 5.05. The van der Waals surface area contributed by atoms with Crippen molar-refractivity contribution >= 4 is 44.8 Å². The second-order valence-electron chi connectivity index (χ2n) is 6.24. The minimum atomic E-state index is -4.15. The molecule has 9 heteroatoms. The smallest absolute Gasteiger partial charge is 0.264 e. The van der Waals surface area contributed by atoms with Crippen LogP contribution in [0, 0.1) is 0 Å². The van der Waals surface area contributed by atoms with Crippen molar-refractivity contribution in [2.24, 2.45) is 0 Å². The molecule has 0 heterocycles. The number of hydrogen-bond acceptors (Lipinski definition) is 4. The molecule has 0 radical (unpaired) electrons. The Morgan fingerprint density at radius 2 is 1.63 bits per heavy atom. The number of amides is 1. The van der Waals surface area contributed by atoms with Crippen LogP contribution in [0.4, 0.5) is 5.69 Å². The number of nitrogens with one attached hydrogen (secondary N) is 2. The maximum atomic E-state index is 12.9. The molecule has 0 saturated heterocycles. The minimum absolute atomic E-state index is 0.0291. The third-order valence-electron chi connectivity index (χ3n) is 4.20. The van der Waals surface area contributed by atoms with Crippen molar-refractivity contribution in [3.05, 3.63) is 87.9 Å². The Balaban J connectivity index is 1.92. The first-order chi connectivity index (χ1) is 14.3.